The van der Waals surface area contributed by atoms with Crippen molar-refractivity contribution in [2.45, 2.75) is 11.4 Å². The van der Waals surface area contributed by atoms with Gasteiger partial charge in [-0.05, 0) is 38.5 Å². The number of carbonyl (C=O) groups is 1. The molecule has 1 aromatic heterocycles. The molecule has 1 N–H and O–H groups in total. The Morgan fingerprint density at radius 3 is 2.90 bits per heavy atom. The van der Waals surface area contributed by atoms with Crippen LogP contribution < -0.4 is 5.32 Å². The van der Waals surface area contributed by atoms with Crippen molar-refractivity contribution >= 4 is 28.4 Å². The average Bonchev–Trinajstić information content (AvgIpc) is 2.49. The largest absolute Gasteiger partial charge is 0.355 e. The average molecular weight is 303 g/mol. The highest BCUT2D eigenvalue weighted by Gasteiger charge is 2.06. The molecule has 0 saturated carbocycles. The number of fused-ring (bicyclic) bond motifs is 1. The predicted octanol–water partition coefficient (Wildman–Crippen LogP) is 2.39. The van der Waals surface area contributed by atoms with Gasteiger partial charge in [0.25, 0.3) is 0 Å². The number of rotatable bonds is 7. The van der Waals surface area contributed by atoms with Gasteiger partial charge in [0.05, 0.1) is 5.75 Å². The minimum absolute atomic E-state index is 0.0634. The zero-order valence-corrected chi connectivity index (χ0v) is 13.3. The Labute approximate surface area is 129 Å². The molecule has 0 fully saturated rings. The van der Waals surface area contributed by atoms with Gasteiger partial charge in [-0.25, -0.2) is 4.98 Å². The molecule has 1 aromatic carbocycles. The normalized spacial score (nSPS) is 11.0. The number of carbonyl (C=O) groups excluding carboxylic acids is 1. The fraction of sp³-hybridized carbons (Fsp3) is 0.375. The molecule has 0 aliphatic heterocycles. The van der Waals surface area contributed by atoms with Gasteiger partial charge in [0.1, 0.15) is 5.03 Å². The molecular weight excluding hydrogens is 282 g/mol. The highest BCUT2D eigenvalue weighted by Crippen LogP contribution is 2.25. The van der Waals surface area contributed by atoms with Crippen molar-refractivity contribution in [2.75, 3.05) is 32.9 Å². The smallest absolute Gasteiger partial charge is 0.230 e. The summed E-state index contributed by atoms with van der Waals surface area (Å²) in [6.07, 6.45) is 2.76. The molecule has 0 aliphatic carbocycles. The fourth-order valence-electron chi connectivity index (χ4n) is 2.01. The summed E-state index contributed by atoms with van der Waals surface area (Å²) in [5, 5.41) is 6.11. The predicted molar refractivity (Wildman–Crippen MR) is 88.6 cm³/mol. The van der Waals surface area contributed by atoms with Gasteiger partial charge >= 0.3 is 0 Å². The van der Waals surface area contributed by atoms with Crippen LogP contribution in [0.15, 0.2) is 41.6 Å². The summed E-state index contributed by atoms with van der Waals surface area (Å²) in [6, 6.07) is 10.1. The maximum Gasteiger partial charge on any atom is 0.230 e. The van der Waals surface area contributed by atoms with Gasteiger partial charge in [-0.1, -0.05) is 36.0 Å². The van der Waals surface area contributed by atoms with Crippen molar-refractivity contribution in [3.8, 4) is 0 Å². The summed E-state index contributed by atoms with van der Waals surface area (Å²) < 4.78 is 0. The van der Waals surface area contributed by atoms with Crippen molar-refractivity contribution in [1.82, 2.24) is 15.2 Å². The van der Waals surface area contributed by atoms with Crippen molar-refractivity contribution < 1.29 is 4.79 Å². The molecule has 1 heterocycles. The van der Waals surface area contributed by atoms with E-state index in [9.17, 15) is 4.79 Å². The van der Waals surface area contributed by atoms with Crippen LogP contribution in [0.25, 0.3) is 10.8 Å². The lowest BCUT2D eigenvalue weighted by molar-refractivity contribution is -0.118. The lowest BCUT2D eigenvalue weighted by atomic mass is 10.2. The lowest BCUT2D eigenvalue weighted by Crippen LogP contribution is -2.28. The third-order valence-corrected chi connectivity index (χ3v) is 4.09. The first-order valence-corrected chi connectivity index (χ1v) is 8.03. The number of benzene rings is 1. The molecule has 4 nitrogen and oxygen atoms in total. The molecule has 21 heavy (non-hydrogen) atoms. The standard InChI is InChI=1S/C16H21N3OS/c1-19(2)11-5-9-17-15(20)12-21-16-14-7-4-3-6-13(14)8-10-18-16/h3-4,6-8,10H,5,9,11-12H2,1-2H3,(H,17,20). The Morgan fingerprint density at radius 1 is 1.29 bits per heavy atom. The van der Waals surface area contributed by atoms with E-state index in [4.69, 9.17) is 0 Å². The summed E-state index contributed by atoms with van der Waals surface area (Å²) in [7, 11) is 4.06. The van der Waals surface area contributed by atoms with Crippen LogP contribution in [-0.4, -0.2) is 48.7 Å². The van der Waals surface area contributed by atoms with Gasteiger partial charge in [0.15, 0.2) is 0 Å². The van der Waals surface area contributed by atoms with Crippen molar-refractivity contribution in [3.63, 3.8) is 0 Å². The van der Waals surface area contributed by atoms with Crippen LogP contribution in [0.2, 0.25) is 0 Å². The van der Waals surface area contributed by atoms with Crippen LogP contribution in [0.3, 0.4) is 0 Å². The van der Waals surface area contributed by atoms with Crippen LogP contribution in [0.1, 0.15) is 6.42 Å². The van der Waals surface area contributed by atoms with E-state index < -0.39 is 0 Å². The monoisotopic (exact) mass is 303 g/mol. The van der Waals surface area contributed by atoms with Crippen LogP contribution >= 0.6 is 11.8 Å². The molecule has 0 atom stereocenters. The number of pyridine rings is 1. The van der Waals surface area contributed by atoms with E-state index in [1.54, 1.807) is 6.20 Å². The Bertz CT molecular complexity index is 596. The van der Waals surface area contributed by atoms with Gasteiger partial charge < -0.3 is 10.2 Å². The Morgan fingerprint density at radius 2 is 2.10 bits per heavy atom. The number of nitrogens with zero attached hydrogens (tertiary/aromatic N) is 2. The quantitative estimate of drug-likeness (QED) is 0.630. The van der Waals surface area contributed by atoms with Crippen LogP contribution in [0.4, 0.5) is 0 Å². The number of nitrogens with one attached hydrogen (secondary N) is 1. The summed E-state index contributed by atoms with van der Waals surface area (Å²) in [5.74, 6) is 0.469. The maximum absolute atomic E-state index is 11.8. The van der Waals surface area contributed by atoms with Gasteiger partial charge in [-0.2, -0.15) is 0 Å². The molecule has 0 unspecified atom stereocenters. The van der Waals surface area contributed by atoms with E-state index in [1.807, 2.05) is 38.4 Å². The highest BCUT2D eigenvalue weighted by molar-refractivity contribution is 8.00. The van der Waals surface area contributed by atoms with Crippen LogP contribution in [0.5, 0.6) is 0 Å². The van der Waals surface area contributed by atoms with E-state index >= 15 is 0 Å². The summed E-state index contributed by atoms with van der Waals surface area (Å²) in [4.78, 5) is 18.3. The zero-order valence-electron chi connectivity index (χ0n) is 12.5. The molecular formula is C16H21N3OS. The molecule has 0 saturated heterocycles. The van der Waals surface area contributed by atoms with Gasteiger partial charge in [-0.15, -0.1) is 0 Å². The first-order valence-electron chi connectivity index (χ1n) is 7.05. The third-order valence-electron chi connectivity index (χ3n) is 3.08. The first kappa shape index (κ1) is 15.8. The molecule has 1 amide bonds. The van der Waals surface area contributed by atoms with E-state index in [0.29, 0.717) is 5.75 Å². The van der Waals surface area contributed by atoms with E-state index in [1.165, 1.54) is 11.8 Å². The Kier molecular flexibility index (Phi) is 6.02. The highest BCUT2D eigenvalue weighted by atomic mass is 32.2. The SMILES string of the molecule is CN(C)CCCNC(=O)CSc1nccc2ccccc12. The van der Waals surface area contributed by atoms with E-state index in [-0.39, 0.29) is 5.91 Å². The Hall–Kier alpha value is -1.59. The topological polar surface area (TPSA) is 45.2 Å². The summed E-state index contributed by atoms with van der Waals surface area (Å²) in [6.45, 7) is 1.71. The number of aromatic nitrogens is 1. The van der Waals surface area contributed by atoms with Crippen LogP contribution in [-0.2, 0) is 4.79 Å². The van der Waals surface area contributed by atoms with Crippen LogP contribution in [0, 0.1) is 0 Å². The van der Waals surface area contributed by atoms with E-state index in [0.717, 1.165) is 35.3 Å². The summed E-state index contributed by atoms with van der Waals surface area (Å²) in [5.41, 5.74) is 0. The number of hydrogen-bond acceptors (Lipinski definition) is 4. The molecule has 2 rings (SSSR count). The first-order chi connectivity index (χ1) is 10.2. The minimum atomic E-state index is 0.0634. The molecule has 2 aromatic rings. The minimum Gasteiger partial charge on any atom is -0.355 e. The fourth-order valence-corrected chi connectivity index (χ4v) is 2.86. The zero-order chi connectivity index (χ0) is 15.1. The second kappa shape index (κ2) is 8.00. The summed E-state index contributed by atoms with van der Waals surface area (Å²) >= 11 is 1.49. The van der Waals surface area contributed by atoms with E-state index in [2.05, 4.69) is 21.3 Å². The van der Waals surface area contributed by atoms with Gasteiger partial charge in [-0.3, -0.25) is 4.79 Å². The Balaban J connectivity index is 1.83. The lowest BCUT2D eigenvalue weighted by Gasteiger charge is -2.10. The van der Waals surface area contributed by atoms with Crippen molar-refractivity contribution in [3.05, 3.63) is 36.5 Å². The number of hydrogen-bond donors (Lipinski definition) is 1. The number of amides is 1. The molecule has 0 spiro atoms. The van der Waals surface area contributed by atoms with Gasteiger partial charge in [0.2, 0.25) is 5.91 Å². The second-order valence-electron chi connectivity index (χ2n) is 5.13. The second-order valence-corrected chi connectivity index (χ2v) is 6.10. The molecule has 112 valence electrons. The maximum atomic E-state index is 11.8. The number of thioether (sulfide) groups is 1. The molecule has 0 bridgehead atoms. The molecule has 0 aliphatic rings. The third kappa shape index (κ3) is 5.02. The molecule has 0 radical (unpaired) electrons. The molecule has 5 heteroatoms. The van der Waals surface area contributed by atoms with Crippen molar-refractivity contribution in [1.29, 1.82) is 0 Å². The van der Waals surface area contributed by atoms with Crippen molar-refractivity contribution in [2.24, 2.45) is 0 Å². The van der Waals surface area contributed by atoms with Gasteiger partial charge in [0, 0.05) is 18.1 Å².